The van der Waals surface area contributed by atoms with E-state index in [4.69, 9.17) is 14.2 Å². The second-order valence-electron chi connectivity index (χ2n) is 6.72. The van der Waals surface area contributed by atoms with Gasteiger partial charge in [-0.25, -0.2) is 0 Å². The third-order valence-corrected chi connectivity index (χ3v) is 4.82. The van der Waals surface area contributed by atoms with Gasteiger partial charge in [-0.1, -0.05) is 30.3 Å². The largest absolute Gasteiger partial charge is 0.493 e. The number of morpholine rings is 1. The Morgan fingerprint density at radius 2 is 1.89 bits per heavy atom. The summed E-state index contributed by atoms with van der Waals surface area (Å²) in [6.45, 7) is 4.60. The van der Waals surface area contributed by atoms with Crippen molar-refractivity contribution >= 4 is 5.69 Å². The van der Waals surface area contributed by atoms with E-state index in [-0.39, 0.29) is 10.6 Å². The fourth-order valence-electron chi connectivity index (χ4n) is 3.29. The van der Waals surface area contributed by atoms with E-state index < -0.39 is 0 Å². The molecule has 150 valence electrons. The lowest BCUT2D eigenvalue weighted by atomic mass is 10.1. The number of aryl methyl sites for hydroxylation is 1. The fraction of sp³-hybridized carbons (Fsp3) is 0.429. The van der Waals surface area contributed by atoms with Gasteiger partial charge in [-0.15, -0.1) is 0 Å². The average molecular weight is 386 g/mol. The SMILES string of the molecule is COc1cc([N+](=O)[O-])c(CCCN2CCOCC2)cc1OCc1ccccc1. The van der Waals surface area contributed by atoms with Crippen LogP contribution in [0.25, 0.3) is 0 Å². The minimum Gasteiger partial charge on any atom is -0.493 e. The van der Waals surface area contributed by atoms with Gasteiger partial charge in [0.15, 0.2) is 11.5 Å². The van der Waals surface area contributed by atoms with Gasteiger partial charge in [0, 0.05) is 18.7 Å². The number of ether oxygens (including phenoxy) is 3. The molecular formula is C21H26N2O5. The van der Waals surface area contributed by atoms with Crippen LogP contribution in [0.2, 0.25) is 0 Å². The molecule has 2 aromatic rings. The molecule has 0 amide bonds. The van der Waals surface area contributed by atoms with E-state index in [1.807, 2.05) is 30.3 Å². The zero-order valence-electron chi connectivity index (χ0n) is 16.1. The van der Waals surface area contributed by atoms with Gasteiger partial charge >= 0.3 is 0 Å². The van der Waals surface area contributed by atoms with Gasteiger partial charge in [0.2, 0.25) is 0 Å². The number of benzene rings is 2. The summed E-state index contributed by atoms with van der Waals surface area (Å²) in [7, 11) is 1.49. The maximum Gasteiger partial charge on any atom is 0.276 e. The molecule has 1 fully saturated rings. The number of rotatable bonds is 9. The molecule has 2 aromatic carbocycles. The summed E-state index contributed by atoms with van der Waals surface area (Å²) in [5.74, 6) is 0.901. The van der Waals surface area contributed by atoms with Crippen LogP contribution in [0, 0.1) is 10.1 Å². The molecule has 1 aliphatic rings. The Bertz CT molecular complexity index is 776. The van der Waals surface area contributed by atoms with Crippen LogP contribution in [-0.4, -0.2) is 49.8 Å². The quantitative estimate of drug-likeness (QED) is 0.485. The van der Waals surface area contributed by atoms with Crippen LogP contribution in [0.3, 0.4) is 0 Å². The topological polar surface area (TPSA) is 74.1 Å². The van der Waals surface area contributed by atoms with Gasteiger partial charge in [0.05, 0.1) is 31.3 Å². The highest BCUT2D eigenvalue weighted by atomic mass is 16.6. The number of hydrogen-bond acceptors (Lipinski definition) is 6. The maximum absolute atomic E-state index is 11.5. The van der Waals surface area contributed by atoms with E-state index in [2.05, 4.69) is 4.90 Å². The number of nitro benzene ring substituents is 1. The molecular weight excluding hydrogens is 360 g/mol. The first-order chi connectivity index (χ1) is 13.7. The van der Waals surface area contributed by atoms with Crippen LogP contribution < -0.4 is 9.47 Å². The molecule has 0 spiro atoms. The Balaban J connectivity index is 1.71. The van der Waals surface area contributed by atoms with E-state index in [1.165, 1.54) is 13.2 Å². The lowest BCUT2D eigenvalue weighted by Crippen LogP contribution is -2.36. The van der Waals surface area contributed by atoms with Gasteiger partial charge in [-0.05, 0) is 31.0 Å². The van der Waals surface area contributed by atoms with Crippen LogP contribution in [0.1, 0.15) is 17.5 Å². The first-order valence-corrected chi connectivity index (χ1v) is 9.49. The summed E-state index contributed by atoms with van der Waals surface area (Å²) in [6, 6.07) is 13.0. The van der Waals surface area contributed by atoms with Gasteiger partial charge in [0.25, 0.3) is 5.69 Å². The molecule has 3 rings (SSSR count). The third-order valence-electron chi connectivity index (χ3n) is 4.82. The minimum absolute atomic E-state index is 0.0749. The maximum atomic E-state index is 11.5. The van der Waals surface area contributed by atoms with Crippen LogP contribution in [-0.2, 0) is 17.8 Å². The van der Waals surface area contributed by atoms with Crippen molar-refractivity contribution in [1.29, 1.82) is 0 Å². The predicted molar refractivity (Wildman–Crippen MR) is 106 cm³/mol. The van der Waals surface area contributed by atoms with Gasteiger partial charge in [-0.2, -0.15) is 0 Å². The first-order valence-electron chi connectivity index (χ1n) is 9.49. The second kappa shape index (κ2) is 10.1. The Morgan fingerprint density at radius 3 is 2.57 bits per heavy atom. The Morgan fingerprint density at radius 1 is 1.14 bits per heavy atom. The molecule has 0 atom stereocenters. The molecule has 0 saturated carbocycles. The highest BCUT2D eigenvalue weighted by Crippen LogP contribution is 2.35. The molecule has 0 radical (unpaired) electrons. The smallest absolute Gasteiger partial charge is 0.276 e. The normalized spacial score (nSPS) is 14.6. The Kier molecular flexibility index (Phi) is 7.22. The van der Waals surface area contributed by atoms with Gasteiger partial charge < -0.3 is 14.2 Å². The van der Waals surface area contributed by atoms with Crippen molar-refractivity contribution in [2.45, 2.75) is 19.4 Å². The number of methoxy groups -OCH3 is 1. The molecule has 1 heterocycles. The molecule has 1 aliphatic heterocycles. The first kappa shape index (κ1) is 20.1. The molecule has 28 heavy (non-hydrogen) atoms. The Hall–Kier alpha value is -2.64. The summed E-state index contributed by atoms with van der Waals surface area (Å²) in [5.41, 5.74) is 1.77. The summed E-state index contributed by atoms with van der Waals surface area (Å²) in [4.78, 5) is 13.5. The number of hydrogen-bond donors (Lipinski definition) is 0. The molecule has 1 saturated heterocycles. The molecule has 0 aromatic heterocycles. The zero-order valence-corrected chi connectivity index (χ0v) is 16.1. The summed E-state index contributed by atoms with van der Waals surface area (Å²) in [6.07, 6.45) is 1.45. The molecule has 7 heteroatoms. The summed E-state index contributed by atoms with van der Waals surface area (Å²) >= 11 is 0. The van der Waals surface area contributed by atoms with E-state index in [9.17, 15) is 10.1 Å². The molecule has 0 bridgehead atoms. The van der Waals surface area contributed by atoms with E-state index in [0.29, 0.717) is 30.1 Å². The molecule has 7 nitrogen and oxygen atoms in total. The minimum atomic E-state index is -0.354. The highest BCUT2D eigenvalue weighted by Gasteiger charge is 2.20. The number of nitrogens with zero attached hydrogens (tertiary/aromatic N) is 2. The van der Waals surface area contributed by atoms with Crippen molar-refractivity contribution in [3.63, 3.8) is 0 Å². The zero-order chi connectivity index (χ0) is 19.8. The lowest BCUT2D eigenvalue weighted by Gasteiger charge is -2.26. The van der Waals surface area contributed by atoms with Crippen LogP contribution in [0.15, 0.2) is 42.5 Å². The summed E-state index contributed by atoms with van der Waals surface area (Å²) < 4.78 is 16.6. The van der Waals surface area contributed by atoms with Crippen molar-refractivity contribution in [1.82, 2.24) is 4.90 Å². The standard InChI is InChI=1S/C21H26N2O5/c1-26-20-15-19(23(24)25)18(8-5-9-22-10-12-27-13-11-22)14-21(20)28-16-17-6-3-2-4-7-17/h2-4,6-7,14-15H,5,8-13,16H2,1H3. The van der Waals surface area contributed by atoms with E-state index >= 15 is 0 Å². The van der Waals surface area contributed by atoms with Crippen LogP contribution in [0.4, 0.5) is 5.69 Å². The highest BCUT2D eigenvalue weighted by molar-refractivity contribution is 5.54. The van der Waals surface area contributed by atoms with E-state index in [1.54, 1.807) is 6.07 Å². The second-order valence-corrected chi connectivity index (χ2v) is 6.72. The molecule has 0 N–H and O–H groups in total. The lowest BCUT2D eigenvalue weighted by molar-refractivity contribution is -0.385. The third kappa shape index (κ3) is 5.43. The summed E-state index contributed by atoms with van der Waals surface area (Å²) in [5, 5.41) is 11.5. The fourth-order valence-corrected chi connectivity index (χ4v) is 3.29. The van der Waals surface area contributed by atoms with Crippen molar-refractivity contribution in [3.8, 4) is 11.5 Å². The molecule has 0 unspecified atom stereocenters. The van der Waals surface area contributed by atoms with Gasteiger partial charge in [0.1, 0.15) is 6.61 Å². The average Bonchev–Trinajstić information content (AvgIpc) is 2.73. The van der Waals surface area contributed by atoms with Crippen LogP contribution in [0.5, 0.6) is 11.5 Å². The van der Waals surface area contributed by atoms with Crippen molar-refractivity contribution < 1.29 is 19.1 Å². The monoisotopic (exact) mass is 386 g/mol. The van der Waals surface area contributed by atoms with Crippen LogP contribution >= 0.6 is 0 Å². The van der Waals surface area contributed by atoms with Crippen molar-refractivity contribution in [2.24, 2.45) is 0 Å². The van der Waals surface area contributed by atoms with Crippen molar-refractivity contribution in [3.05, 3.63) is 63.7 Å². The number of nitro groups is 1. The molecule has 0 aliphatic carbocycles. The Labute approximate surface area is 165 Å². The van der Waals surface area contributed by atoms with Gasteiger partial charge in [-0.3, -0.25) is 15.0 Å². The van der Waals surface area contributed by atoms with E-state index in [0.717, 1.165) is 44.8 Å². The predicted octanol–water partition coefficient (Wildman–Crippen LogP) is 3.45. The van der Waals surface area contributed by atoms with Crippen molar-refractivity contribution in [2.75, 3.05) is 40.0 Å².